The van der Waals surface area contributed by atoms with Crippen LogP contribution in [0.1, 0.15) is 47.7 Å². The second-order valence-electron chi connectivity index (χ2n) is 7.13. The van der Waals surface area contributed by atoms with Crippen molar-refractivity contribution < 1.29 is 23.9 Å². The predicted molar refractivity (Wildman–Crippen MR) is 110 cm³/mol. The van der Waals surface area contributed by atoms with Crippen molar-refractivity contribution in [1.82, 2.24) is 0 Å². The lowest BCUT2D eigenvalue weighted by Gasteiger charge is -2.15. The summed E-state index contributed by atoms with van der Waals surface area (Å²) in [5.74, 6) is 0.438. The molecule has 2 N–H and O–H groups in total. The Labute approximate surface area is 169 Å². The maximum Gasteiger partial charge on any atom is 0.262 e. The van der Waals surface area contributed by atoms with Gasteiger partial charge in [0, 0.05) is 19.0 Å². The lowest BCUT2D eigenvalue weighted by molar-refractivity contribution is -0.118. The fourth-order valence-electron chi connectivity index (χ4n) is 3.65. The number of ether oxygens (including phenoxy) is 2. The van der Waals surface area contributed by atoms with Crippen LogP contribution < -0.4 is 20.1 Å². The van der Waals surface area contributed by atoms with Crippen LogP contribution in [0.2, 0.25) is 0 Å². The lowest BCUT2D eigenvalue weighted by atomic mass is 9.97. The van der Waals surface area contributed by atoms with Crippen molar-refractivity contribution in [3.63, 3.8) is 0 Å². The molecule has 0 unspecified atom stereocenters. The Morgan fingerprint density at radius 1 is 1.14 bits per heavy atom. The van der Waals surface area contributed by atoms with Crippen LogP contribution >= 0.6 is 0 Å². The molecule has 2 amide bonds. The Morgan fingerprint density at radius 3 is 2.55 bits per heavy atom. The molecule has 0 radical (unpaired) electrons. The van der Waals surface area contributed by atoms with Crippen molar-refractivity contribution in [2.24, 2.45) is 0 Å². The first-order valence-electron chi connectivity index (χ1n) is 9.35. The van der Waals surface area contributed by atoms with Crippen LogP contribution in [0.15, 0.2) is 30.3 Å². The van der Waals surface area contributed by atoms with Gasteiger partial charge < -0.3 is 20.1 Å². The normalized spacial score (nSPS) is 14.9. The Bertz CT molecular complexity index is 983. The summed E-state index contributed by atoms with van der Waals surface area (Å²) in [6, 6.07) is 8.56. The fraction of sp³-hybridized carbons (Fsp3) is 0.318. The van der Waals surface area contributed by atoms with E-state index in [4.69, 9.17) is 9.47 Å². The van der Waals surface area contributed by atoms with Crippen molar-refractivity contribution in [3.8, 4) is 11.5 Å². The number of ketones is 1. The van der Waals surface area contributed by atoms with Gasteiger partial charge in [-0.2, -0.15) is 0 Å². The van der Waals surface area contributed by atoms with Gasteiger partial charge in [-0.25, -0.2) is 0 Å². The van der Waals surface area contributed by atoms with Gasteiger partial charge in [0.1, 0.15) is 11.5 Å². The molecule has 0 bridgehead atoms. The number of benzene rings is 2. The zero-order valence-corrected chi connectivity index (χ0v) is 16.9. The van der Waals surface area contributed by atoms with Crippen LogP contribution in [0, 0.1) is 6.92 Å². The van der Waals surface area contributed by atoms with Gasteiger partial charge in [0.05, 0.1) is 18.4 Å². The Balaban J connectivity index is 1.73. The molecule has 2 aromatic rings. The summed E-state index contributed by atoms with van der Waals surface area (Å²) < 4.78 is 10.9. The van der Waals surface area contributed by atoms with E-state index in [1.165, 1.54) is 14.0 Å². The van der Waals surface area contributed by atoms with Crippen LogP contribution in [0.4, 0.5) is 11.4 Å². The summed E-state index contributed by atoms with van der Waals surface area (Å²) in [5.41, 5.74) is 3.57. The van der Waals surface area contributed by atoms with E-state index in [1.54, 1.807) is 24.3 Å². The van der Waals surface area contributed by atoms with Gasteiger partial charge >= 0.3 is 0 Å². The van der Waals surface area contributed by atoms with Crippen LogP contribution in [-0.4, -0.2) is 31.3 Å². The van der Waals surface area contributed by atoms with E-state index in [1.807, 2.05) is 19.9 Å². The molecule has 0 spiro atoms. The highest BCUT2D eigenvalue weighted by atomic mass is 16.5. The highest BCUT2D eigenvalue weighted by molar-refractivity contribution is 6.04. The first-order chi connectivity index (χ1) is 13.8. The second-order valence-corrected chi connectivity index (χ2v) is 7.13. The first-order valence-corrected chi connectivity index (χ1v) is 9.35. The van der Waals surface area contributed by atoms with E-state index in [0.29, 0.717) is 34.9 Å². The summed E-state index contributed by atoms with van der Waals surface area (Å²) in [7, 11) is 1.49. The quantitative estimate of drug-likeness (QED) is 0.777. The Morgan fingerprint density at radius 2 is 1.86 bits per heavy atom. The third-order valence-electron chi connectivity index (χ3n) is 4.84. The maximum atomic E-state index is 12.4. The number of amides is 2. The van der Waals surface area contributed by atoms with E-state index >= 15 is 0 Å². The van der Waals surface area contributed by atoms with Gasteiger partial charge in [-0.05, 0) is 48.2 Å². The van der Waals surface area contributed by atoms with Crippen molar-refractivity contribution >= 4 is 29.0 Å². The number of fused-ring (bicyclic) bond motifs is 1. The van der Waals surface area contributed by atoms with Crippen molar-refractivity contribution in [3.05, 3.63) is 47.0 Å². The summed E-state index contributed by atoms with van der Waals surface area (Å²) in [5, 5.41) is 5.37. The number of hydrogen-bond donors (Lipinski definition) is 2. The molecule has 0 aromatic heterocycles. The molecule has 7 heteroatoms. The lowest BCUT2D eigenvalue weighted by Crippen LogP contribution is -2.21. The van der Waals surface area contributed by atoms with E-state index in [2.05, 4.69) is 10.6 Å². The number of carbonyl (C=O) groups is 3. The molecule has 1 atom stereocenters. The molecule has 0 saturated heterocycles. The highest BCUT2D eigenvalue weighted by Gasteiger charge is 2.31. The zero-order valence-electron chi connectivity index (χ0n) is 16.9. The molecular weight excluding hydrogens is 372 g/mol. The van der Waals surface area contributed by atoms with Gasteiger partial charge in [-0.1, -0.05) is 13.0 Å². The van der Waals surface area contributed by atoms with E-state index in [-0.39, 0.29) is 24.2 Å². The molecule has 1 aliphatic rings. The third-order valence-corrected chi connectivity index (χ3v) is 4.84. The smallest absolute Gasteiger partial charge is 0.262 e. The fourth-order valence-corrected chi connectivity index (χ4v) is 3.65. The molecule has 2 aromatic carbocycles. The topological polar surface area (TPSA) is 93.7 Å². The van der Waals surface area contributed by atoms with Gasteiger partial charge in [0.25, 0.3) is 5.91 Å². The second kappa shape index (κ2) is 8.34. The first kappa shape index (κ1) is 20.4. The van der Waals surface area contributed by atoms with E-state index in [0.717, 1.165) is 11.1 Å². The molecule has 0 saturated carbocycles. The number of aryl methyl sites for hydroxylation is 1. The minimum Gasteiger partial charge on any atom is -0.495 e. The Hall–Kier alpha value is -3.35. The zero-order chi connectivity index (χ0) is 21.1. The number of rotatable bonds is 6. The third kappa shape index (κ3) is 4.39. The number of nitrogens with one attached hydrogen (secondary N) is 2. The Kier molecular flexibility index (Phi) is 5.87. The van der Waals surface area contributed by atoms with Gasteiger partial charge in [0.2, 0.25) is 5.91 Å². The molecule has 0 heterocycles. The van der Waals surface area contributed by atoms with E-state index in [9.17, 15) is 14.4 Å². The predicted octanol–water partition coefficient (Wildman–Crippen LogP) is 3.67. The summed E-state index contributed by atoms with van der Waals surface area (Å²) in [4.78, 5) is 36.0. The molecule has 1 aliphatic carbocycles. The maximum absolute atomic E-state index is 12.4. The van der Waals surface area contributed by atoms with Crippen LogP contribution in [-0.2, 0) is 9.59 Å². The number of carbonyl (C=O) groups excluding carboxylic acids is 3. The monoisotopic (exact) mass is 396 g/mol. The number of methoxy groups -OCH3 is 1. The number of anilines is 2. The SMILES string of the molecule is COc1ccc(NC(C)=O)cc1NC(=O)COc1ccc(C)c2c1C(=O)C[C@@H]2C. The summed E-state index contributed by atoms with van der Waals surface area (Å²) in [6.45, 7) is 5.13. The average molecular weight is 396 g/mol. The number of Topliss-reactive ketones (excluding diaryl/α,β-unsaturated/α-hetero) is 1. The minimum atomic E-state index is -0.406. The molecule has 152 valence electrons. The van der Waals surface area contributed by atoms with Crippen molar-refractivity contribution in [2.45, 2.75) is 33.1 Å². The molecule has 0 fully saturated rings. The average Bonchev–Trinajstić information content (AvgIpc) is 2.96. The molecule has 0 aliphatic heterocycles. The van der Waals surface area contributed by atoms with Crippen molar-refractivity contribution in [2.75, 3.05) is 24.4 Å². The van der Waals surface area contributed by atoms with Gasteiger partial charge in [-0.3, -0.25) is 14.4 Å². The van der Waals surface area contributed by atoms with Crippen LogP contribution in [0.5, 0.6) is 11.5 Å². The summed E-state index contributed by atoms with van der Waals surface area (Å²) in [6.07, 6.45) is 0.454. The molecule has 3 rings (SSSR count). The van der Waals surface area contributed by atoms with Crippen LogP contribution in [0.25, 0.3) is 0 Å². The standard InChI is InChI=1S/C22H24N2O5/c1-12-5-7-19(22-17(26)9-13(2)21(12)22)29-11-20(27)24-16-10-15(23-14(3)25)6-8-18(16)28-4/h5-8,10,13H,9,11H2,1-4H3,(H,23,25)(H,24,27)/t13-/m0/s1. The molecule has 29 heavy (non-hydrogen) atoms. The van der Waals surface area contributed by atoms with Gasteiger partial charge in [0.15, 0.2) is 12.4 Å². The number of hydrogen-bond acceptors (Lipinski definition) is 5. The van der Waals surface area contributed by atoms with E-state index < -0.39 is 5.91 Å². The summed E-state index contributed by atoms with van der Waals surface area (Å²) >= 11 is 0. The van der Waals surface area contributed by atoms with Crippen LogP contribution in [0.3, 0.4) is 0 Å². The molecule has 7 nitrogen and oxygen atoms in total. The largest absolute Gasteiger partial charge is 0.495 e. The van der Waals surface area contributed by atoms with Gasteiger partial charge in [-0.15, -0.1) is 0 Å². The highest BCUT2D eigenvalue weighted by Crippen LogP contribution is 2.40. The minimum absolute atomic E-state index is 0.0382. The van der Waals surface area contributed by atoms with Crippen molar-refractivity contribution in [1.29, 1.82) is 0 Å². The molecular formula is C22H24N2O5.